The van der Waals surface area contributed by atoms with Gasteiger partial charge in [0, 0.05) is 0 Å². The number of hydrogen-bond acceptors (Lipinski definition) is 1. The van der Waals surface area contributed by atoms with Crippen LogP contribution in [0.1, 0.15) is 105 Å². The fourth-order valence-electron chi connectivity index (χ4n) is 9.12. The van der Waals surface area contributed by atoms with Gasteiger partial charge < -0.3 is 4.43 Å². The Morgan fingerprint density at radius 1 is 0.968 bits per heavy atom. The third kappa shape index (κ3) is 4.51. The van der Waals surface area contributed by atoms with Crippen LogP contribution in [0.4, 0.5) is 0 Å². The first-order valence-corrected chi connectivity index (χ1v) is 16.2. The number of allylic oxidation sites excluding steroid dienone is 1. The molecular weight excluding hydrogens is 392 g/mol. The molecule has 3 saturated carbocycles. The molecule has 0 saturated heterocycles. The van der Waals surface area contributed by atoms with E-state index < -0.39 is 9.04 Å². The first-order valence-electron chi connectivity index (χ1n) is 13.8. The van der Waals surface area contributed by atoms with Crippen LogP contribution in [0.15, 0.2) is 11.6 Å². The highest BCUT2D eigenvalue weighted by molar-refractivity contribution is 6.48. The zero-order valence-electron chi connectivity index (χ0n) is 21.8. The molecule has 4 rings (SSSR count). The van der Waals surface area contributed by atoms with Crippen LogP contribution in [0.3, 0.4) is 0 Å². The summed E-state index contributed by atoms with van der Waals surface area (Å²) in [7, 11) is -0.603. The van der Waals surface area contributed by atoms with Gasteiger partial charge in [-0.2, -0.15) is 0 Å². The summed E-state index contributed by atoms with van der Waals surface area (Å²) in [5.74, 6) is 5.69. The van der Waals surface area contributed by atoms with Gasteiger partial charge >= 0.3 is 0 Å². The summed E-state index contributed by atoms with van der Waals surface area (Å²) in [5, 5.41) is 0. The summed E-state index contributed by atoms with van der Waals surface area (Å²) in [5.41, 5.74) is 2.88. The molecular formula is C29H51OSi. The quantitative estimate of drug-likeness (QED) is 0.282. The molecule has 4 aliphatic rings. The van der Waals surface area contributed by atoms with Gasteiger partial charge in [0.1, 0.15) is 0 Å². The second-order valence-corrected chi connectivity index (χ2v) is 15.2. The Labute approximate surface area is 195 Å². The lowest BCUT2D eigenvalue weighted by atomic mass is 9.46. The maximum Gasteiger partial charge on any atom is 0.205 e. The molecule has 0 amide bonds. The van der Waals surface area contributed by atoms with Crippen LogP contribution >= 0.6 is 0 Å². The minimum atomic E-state index is -0.603. The van der Waals surface area contributed by atoms with E-state index in [4.69, 9.17) is 4.43 Å². The van der Waals surface area contributed by atoms with Crippen molar-refractivity contribution >= 4 is 9.04 Å². The zero-order valence-corrected chi connectivity index (χ0v) is 22.8. The number of fused-ring (bicyclic) bond motifs is 5. The van der Waals surface area contributed by atoms with E-state index in [1.165, 1.54) is 70.6 Å². The lowest BCUT2D eigenvalue weighted by Gasteiger charge is -2.59. The lowest BCUT2D eigenvalue weighted by molar-refractivity contribution is -0.0621. The summed E-state index contributed by atoms with van der Waals surface area (Å²) in [6.07, 6.45) is 18.8. The number of rotatable bonds is 7. The van der Waals surface area contributed by atoms with Crippen LogP contribution < -0.4 is 0 Å². The molecule has 1 radical (unpaired) electrons. The van der Waals surface area contributed by atoms with Crippen molar-refractivity contribution < 1.29 is 4.43 Å². The lowest BCUT2D eigenvalue weighted by Crippen LogP contribution is -2.51. The molecule has 31 heavy (non-hydrogen) atoms. The van der Waals surface area contributed by atoms with Crippen LogP contribution in [0.2, 0.25) is 13.1 Å². The minimum absolute atomic E-state index is 0.417. The van der Waals surface area contributed by atoms with E-state index in [0.717, 1.165) is 35.5 Å². The maximum absolute atomic E-state index is 6.32. The molecule has 0 N–H and O–H groups in total. The van der Waals surface area contributed by atoms with Gasteiger partial charge in [0.15, 0.2) is 0 Å². The monoisotopic (exact) mass is 443 g/mol. The zero-order chi connectivity index (χ0) is 22.4. The highest BCUT2D eigenvalue weighted by atomic mass is 28.3. The molecule has 0 aliphatic heterocycles. The van der Waals surface area contributed by atoms with Crippen LogP contribution in [-0.2, 0) is 4.43 Å². The fraction of sp³-hybridized carbons (Fsp3) is 0.931. The molecule has 0 aromatic carbocycles. The SMILES string of the molecule is CC(C)CCCC(C)C1CCC2C3CCC4=C[C@@H](O[Si](C)C)CCC4(C)C3CCC12C. The van der Waals surface area contributed by atoms with Crippen molar-refractivity contribution in [1.82, 2.24) is 0 Å². The molecule has 177 valence electrons. The summed E-state index contributed by atoms with van der Waals surface area (Å²) < 4.78 is 6.32. The molecule has 1 nitrogen and oxygen atoms in total. The van der Waals surface area contributed by atoms with Crippen LogP contribution in [0, 0.1) is 46.3 Å². The second kappa shape index (κ2) is 9.28. The molecule has 0 heterocycles. The van der Waals surface area contributed by atoms with Gasteiger partial charge in [0.2, 0.25) is 9.04 Å². The maximum atomic E-state index is 6.32. The van der Waals surface area contributed by atoms with Crippen molar-refractivity contribution in [3.8, 4) is 0 Å². The summed E-state index contributed by atoms with van der Waals surface area (Å²) >= 11 is 0. The predicted octanol–water partition coefficient (Wildman–Crippen LogP) is 8.66. The Bertz CT molecular complexity index is 653. The van der Waals surface area contributed by atoms with E-state index in [9.17, 15) is 0 Å². The third-order valence-electron chi connectivity index (χ3n) is 10.7. The topological polar surface area (TPSA) is 9.23 Å². The first-order chi connectivity index (χ1) is 14.6. The number of hydrogen-bond donors (Lipinski definition) is 0. The molecule has 8 atom stereocenters. The predicted molar refractivity (Wildman–Crippen MR) is 135 cm³/mol. The first kappa shape index (κ1) is 24.1. The van der Waals surface area contributed by atoms with Gasteiger partial charge in [-0.15, -0.1) is 0 Å². The van der Waals surface area contributed by atoms with Crippen LogP contribution in [0.25, 0.3) is 0 Å². The van der Waals surface area contributed by atoms with E-state index >= 15 is 0 Å². The smallest absolute Gasteiger partial charge is 0.205 e. The van der Waals surface area contributed by atoms with E-state index in [1.54, 1.807) is 5.57 Å². The average molecular weight is 444 g/mol. The van der Waals surface area contributed by atoms with E-state index in [2.05, 4.69) is 53.8 Å². The standard InChI is InChI=1S/C29H51OSi/c1-20(2)9-8-10-21(3)25-13-14-26-24-12-11-22-19-23(30-31(6)7)15-17-28(22,4)27(24)16-18-29(25,26)5/h19-21,23-27H,8-18H2,1-7H3/t21?,23-,24?,25?,26?,27?,28?,29?/m0/s1. The molecule has 4 aliphatic carbocycles. The van der Waals surface area contributed by atoms with Gasteiger partial charge in [-0.25, -0.2) is 0 Å². The highest BCUT2D eigenvalue weighted by Gasteiger charge is 2.59. The van der Waals surface area contributed by atoms with Gasteiger partial charge in [0.25, 0.3) is 0 Å². The van der Waals surface area contributed by atoms with Gasteiger partial charge in [0.05, 0.1) is 6.10 Å². The molecule has 0 spiro atoms. The average Bonchev–Trinajstić information content (AvgIpc) is 3.05. The van der Waals surface area contributed by atoms with Crippen molar-refractivity contribution in [3.05, 3.63) is 11.6 Å². The van der Waals surface area contributed by atoms with E-state index in [1.807, 2.05) is 0 Å². The van der Waals surface area contributed by atoms with E-state index in [0.29, 0.717) is 16.9 Å². The van der Waals surface area contributed by atoms with Crippen LogP contribution in [0.5, 0.6) is 0 Å². The molecule has 0 bridgehead atoms. The summed E-state index contributed by atoms with van der Waals surface area (Å²) in [6.45, 7) is 17.3. The Hall–Kier alpha value is -0.0831. The molecule has 3 fully saturated rings. The highest BCUT2D eigenvalue weighted by Crippen LogP contribution is 2.67. The molecule has 7 unspecified atom stereocenters. The third-order valence-corrected chi connectivity index (χ3v) is 11.4. The summed E-state index contributed by atoms with van der Waals surface area (Å²) in [4.78, 5) is 0. The van der Waals surface area contributed by atoms with Crippen LogP contribution in [-0.4, -0.2) is 15.1 Å². The van der Waals surface area contributed by atoms with Gasteiger partial charge in [-0.1, -0.05) is 65.5 Å². The largest absolute Gasteiger partial charge is 0.411 e. The fourth-order valence-corrected chi connectivity index (χ4v) is 9.91. The molecule has 0 aromatic heterocycles. The molecule has 2 heteroatoms. The Morgan fingerprint density at radius 3 is 2.45 bits per heavy atom. The van der Waals surface area contributed by atoms with Crippen molar-refractivity contribution in [3.63, 3.8) is 0 Å². The Balaban J connectivity index is 1.46. The van der Waals surface area contributed by atoms with Gasteiger partial charge in [-0.3, -0.25) is 0 Å². The Morgan fingerprint density at radius 2 is 1.74 bits per heavy atom. The van der Waals surface area contributed by atoms with Crippen molar-refractivity contribution in [2.45, 2.75) is 124 Å². The normalized spacial score (nSPS) is 43.4. The van der Waals surface area contributed by atoms with Crippen molar-refractivity contribution in [1.29, 1.82) is 0 Å². The van der Waals surface area contributed by atoms with E-state index in [-0.39, 0.29) is 0 Å². The molecule has 0 aromatic rings. The Kier molecular flexibility index (Phi) is 7.20. The van der Waals surface area contributed by atoms with Crippen molar-refractivity contribution in [2.24, 2.45) is 46.3 Å². The van der Waals surface area contributed by atoms with Gasteiger partial charge in [-0.05, 0) is 111 Å². The van der Waals surface area contributed by atoms with Crippen molar-refractivity contribution in [2.75, 3.05) is 0 Å². The minimum Gasteiger partial charge on any atom is -0.411 e. The summed E-state index contributed by atoms with van der Waals surface area (Å²) in [6, 6.07) is 0. The second-order valence-electron chi connectivity index (χ2n) is 13.2.